The van der Waals surface area contributed by atoms with E-state index in [4.69, 9.17) is 40.2 Å². The molecule has 0 amide bonds. The van der Waals surface area contributed by atoms with E-state index in [1.54, 1.807) is 12.5 Å². The largest absolute Gasteiger partial charge is 0.479 e. The van der Waals surface area contributed by atoms with Crippen molar-refractivity contribution in [3.8, 4) is 0 Å². The fraction of sp³-hybridized carbons (Fsp3) is 0.474. The van der Waals surface area contributed by atoms with E-state index < -0.39 is 0 Å². The van der Waals surface area contributed by atoms with Gasteiger partial charge in [-0.2, -0.15) is 0 Å². The highest BCUT2D eigenvalue weighted by atomic mass is 35.5. The first kappa shape index (κ1) is 21.5. The predicted octanol–water partition coefficient (Wildman–Crippen LogP) is 7.02. The lowest BCUT2D eigenvalue weighted by atomic mass is 10.1. The number of halogens is 2. The molecule has 2 rings (SSSR count). The lowest BCUT2D eigenvalue weighted by Crippen LogP contribution is -2.12. The van der Waals surface area contributed by atoms with E-state index in [0.717, 1.165) is 12.0 Å². The minimum Gasteiger partial charge on any atom is -0.479 e. The van der Waals surface area contributed by atoms with Crippen molar-refractivity contribution in [2.24, 2.45) is 0 Å². The van der Waals surface area contributed by atoms with Crippen LogP contribution < -0.4 is 0 Å². The van der Waals surface area contributed by atoms with E-state index in [1.807, 2.05) is 35.0 Å². The first-order valence-electron chi connectivity index (χ1n) is 8.82. The highest BCUT2D eigenvalue weighted by Crippen LogP contribution is 2.42. The molecule has 0 saturated heterocycles. The van der Waals surface area contributed by atoms with Crippen LogP contribution in [0.1, 0.15) is 55.3 Å². The number of unbranched alkanes of at least 4 members (excludes halogenated alkanes) is 4. The maximum Gasteiger partial charge on any atom is 0.220 e. The number of rotatable bonds is 10. The number of benzene rings is 1. The van der Waals surface area contributed by atoms with E-state index in [0.29, 0.717) is 16.0 Å². The minimum atomic E-state index is -0.338. The average molecular weight is 431 g/mol. The zero-order chi connectivity index (χ0) is 18.8. The average Bonchev–Trinajstić information content (AvgIpc) is 3.18. The van der Waals surface area contributed by atoms with Crippen molar-refractivity contribution in [2.75, 3.05) is 6.61 Å². The number of ether oxygens (including phenoxy) is 1. The Labute approximate surface area is 175 Å². The number of imidazole rings is 1. The molecule has 0 fully saturated rings. The second-order valence-corrected chi connectivity index (χ2v) is 8.61. The summed E-state index contributed by atoms with van der Waals surface area (Å²) in [5, 5.41) is 0.591. The van der Waals surface area contributed by atoms with Crippen LogP contribution in [0.5, 0.6) is 0 Å². The highest BCUT2D eigenvalue weighted by molar-refractivity contribution is 8.22. The third-order valence-corrected chi connectivity index (χ3v) is 6.33. The normalized spacial score (nSPS) is 13.3. The minimum absolute atomic E-state index is 0.101. The summed E-state index contributed by atoms with van der Waals surface area (Å²) in [6.07, 6.45) is 11.2. The molecule has 0 N–H and O–H groups in total. The van der Waals surface area contributed by atoms with Gasteiger partial charge >= 0.3 is 0 Å². The molecule has 2 unspecified atom stereocenters. The van der Waals surface area contributed by atoms with Crippen LogP contribution in [0.15, 0.2) is 43.0 Å². The fourth-order valence-electron chi connectivity index (χ4n) is 2.51. The predicted molar refractivity (Wildman–Crippen MR) is 116 cm³/mol. The van der Waals surface area contributed by atoms with Crippen molar-refractivity contribution in [3.05, 3.63) is 53.6 Å². The first-order valence-corrected chi connectivity index (χ1v) is 10.9. The van der Waals surface area contributed by atoms with Gasteiger partial charge in [-0.25, -0.2) is 4.98 Å². The maximum absolute atomic E-state index is 6.70. The van der Waals surface area contributed by atoms with Gasteiger partial charge < -0.3 is 9.30 Å². The van der Waals surface area contributed by atoms with Gasteiger partial charge in [0.2, 0.25) is 4.38 Å². The quantitative estimate of drug-likeness (QED) is 0.229. The number of nitrogens with zero attached hydrogens (tertiary/aromatic N) is 2. The Balaban J connectivity index is 1.95. The fourth-order valence-corrected chi connectivity index (χ4v) is 4.35. The van der Waals surface area contributed by atoms with Crippen molar-refractivity contribution in [2.45, 2.75) is 49.8 Å². The van der Waals surface area contributed by atoms with E-state index in [2.05, 4.69) is 11.9 Å². The van der Waals surface area contributed by atoms with Crippen LogP contribution in [-0.4, -0.2) is 20.5 Å². The Hall–Kier alpha value is -0.750. The van der Waals surface area contributed by atoms with Crippen molar-refractivity contribution >= 4 is 51.6 Å². The summed E-state index contributed by atoms with van der Waals surface area (Å²) < 4.78 is 8.13. The van der Waals surface area contributed by atoms with Crippen LogP contribution in [0.25, 0.3) is 0 Å². The topological polar surface area (TPSA) is 27.1 Å². The van der Waals surface area contributed by atoms with E-state index in [9.17, 15) is 0 Å². The Morgan fingerprint density at radius 1 is 1.23 bits per heavy atom. The molecule has 0 aliphatic heterocycles. The molecule has 2 atom stereocenters. The first-order chi connectivity index (χ1) is 12.6. The smallest absolute Gasteiger partial charge is 0.220 e. The molecular weight excluding hydrogens is 407 g/mol. The monoisotopic (exact) mass is 430 g/mol. The SMILES string of the molecule is CCCCCCCOC(=S)SC(c1ccc(Cl)cc1)C(Cl)n1ccnc1. The molecule has 0 aliphatic rings. The third-order valence-electron chi connectivity index (χ3n) is 3.95. The van der Waals surface area contributed by atoms with Crippen LogP contribution in [0.3, 0.4) is 0 Å². The van der Waals surface area contributed by atoms with Crippen molar-refractivity contribution in [1.29, 1.82) is 0 Å². The lowest BCUT2D eigenvalue weighted by Gasteiger charge is -2.23. The van der Waals surface area contributed by atoms with Gasteiger partial charge in [-0.1, -0.05) is 79.7 Å². The number of thiocarbonyl (C=S) groups is 1. The van der Waals surface area contributed by atoms with Crippen molar-refractivity contribution in [1.82, 2.24) is 9.55 Å². The standard InChI is InChI=1S/C19H24Cl2N2OS2/c1-2-3-4-5-6-13-24-19(25)26-17(15-7-9-16(20)10-8-15)18(21)23-12-11-22-14-23/h7-12,14,17-18H,2-6,13H2,1H3. The van der Waals surface area contributed by atoms with Gasteiger partial charge in [0.25, 0.3) is 0 Å². The molecule has 142 valence electrons. The number of thioether (sulfide) groups is 1. The molecule has 0 bridgehead atoms. The Morgan fingerprint density at radius 2 is 1.96 bits per heavy atom. The van der Waals surface area contributed by atoms with E-state index in [1.165, 1.54) is 37.4 Å². The van der Waals surface area contributed by atoms with Gasteiger partial charge in [0.1, 0.15) is 5.50 Å². The summed E-state index contributed by atoms with van der Waals surface area (Å²) in [4.78, 5) is 4.08. The summed E-state index contributed by atoms with van der Waals surface area (Å²) in [5.74, 6) is 0. The van der Waals surface area contributed by atoms with Gasteiger partial charge in [0, 0.05) is 17.4 Å². The summed E-state index contributed by atoms with van der Waals surface area (Å²) >= 11 is 19.6. The van der Waals surface area contributed by atoms with Gasteiger partial charge in [-0.3, -0.25) is 0 Å². The molecule has 2 aromatic rings. The van der Waals surface area contributed by atoms with Crippen LogP contribution in [0.4, 0.5) is 0 Å². The molecule has 7 heteroatoms. The van der Waals surface area contributed by atoms with Gasteiger partial charge in [0.05, 0.1) is 18.2 Å². The van der Waals surface area contributed by atoms with E-state index in [-0.39, 0.29) is 10.8 Å². The second-order valence-electron chi connectivity index (χ2n) is 5.99. The molecule has 1 aromatic heterocycles. The highest BCUT2D eigenvalue weighted by Gasteiger charge is 2.25. The molecule has 0 spiro atoms. The zero-order valence-electron chi connectivity index (χ0n) is 14.8. The van der Waals surface area contributed by atoms with E-state index >= 15 is 0 Å². The second kappa shape index (κ2) is 11.9. The summed E-state index contributed by atoms with van der Waals surface area (Å²) in [6, 6.07) is 7.67. The number of aromatic nitrogens is 2. The van der Waals surface area contributed by atoms with Crippen LogP contribution in [-0.2, 0) is 4.74 Å². The molecule has 26 heavy (non-hydrogen) atoms. The van der Waals surface area contributed by atoms with Crippen molar-refractivity contribution < 1.29 is 4.74 Å². The molecule has 0 saturated carbocycles. The van der Waals surface area contributed by atoms with Crippen LogP contribution in [0.2, 0.25) is 5.02 Å². The number of alkyl halides is 1. The van der Waals surface area contributed by atoms with Gasteiger partial charge in [0.15, 0.2) is 0 Å². The maximum atomic E-state index is 6.70. The number of hydrogen-bond acceptors (Lipinski definition) is 4. The zero-order valence-corrected chi connectivity index (χ0v) is 18.0. The molecular formula is C19H24Cl2N2OS2. The van der Waals surface area contributed by atoms with Gasteiger partial charge in [-0.15, -0.1) is 0 Å². The summed E-state index contributed by atoms with van der Waals surface area (Å²) in [6.45, 7) is 2.86. The Bertz CT molecular complexity index is 650. The molecule has 1 heterocycles. The van der Waals surface area contributed by atoms with Gasteiger partial charge in [-0.05, 0) is 36.3 Å². The molecule has 0 radical (unpaired) electrons. The molecule has 3 nitrogen and oxygen atoms in total. The van der Waals surface area contributed by atoms with Crippen LogP contribution in [0, 0.1) is 0 Å². The molecule has 0 aliphatic carbocycles. The summed E-state index contributed by atoms with van der Waals surface area (Å²) in [5.41, 5.74) is 0.705. The summed E-state index contributed by atoms with van der Waals surface area (Å²) in [7, 11) is 0. The van der Waals surface area contributed by atoms with Crippen molar-refractivity contribution in [3.63, 3.8) is 0 Å². The van der Waals surface area contributed by atoms with Crippen LogP contribution >= 0.6 is 47.2 Å². The lowest BCUT2D eigenvalue weighted by molar-refractivity contribution is 0.308. The number of hydrogen-bond donors (Lipinski definition) is 0. The Morgan fingerprint density at radius 3 is 2.62 bits per heavy atom. The third kappa shape index (κ3) is 7.10. The molecule has 1 aromatic carbocycles. The Kier molecular flexibility index (Phi) is 9.83.